The lowest BCUT2D eigenvalue weighted by molar-refractivity contribution is -0.301. The Morgan fingerprint density at radius 3 is 2.58 bits per heavy atom. The Labute approximate surface area is 73.0 Å². The summed E-state index contributed by atoms with van der Waals surface area (Å²) >= 11 is 0. The molecule has 0 aromatic heterocycles. The second-order valence-corrected chi connectivity index (χ2v) is 3.17. The second-order valence-electron chi connectivity index (χ2n) is 3.17. The first-order chi connectivity index (χ1) is 5.83. The molecule has 1 fully saturated rings. The van der Waals surface area contributed by atoms with Crippen molar-refractivity contribution in [2.75, 3.05) is 0 Å². The normalized spacial score (nSPS) is 19.1. The first kappa shape index (κ1) is 9.52. The standard InChI is InChI=1S/C9H16O3/c1-2-9(10)12-11-8-6-4-3-5-7-8/h8H,2-7H2,1H3. The molecule has 0 heterocycles. The molecule has 0 atom stereocenters. The maximum atomic E-state index is 10.7. The fourth-order valence-electron chi connectivity index (χ4n) is 1.34. The second kappa shape index (κ2) is 5.14. The van der Waals surface area contributed by atoms with Gasteiger partial charge in [0.25, 0.3) is 0 Å². The van der Waals surface area contributed by atoms with Gasteiger partial charge >= 0.3 is 5.97 Å². The third kappa shape index (κ3) is 3.22. The monoisotopic (exact) mass is 172 g/mol. The Kier molecular flexibility index (Phi) is 4.08. The maximum Gasteiger partial charge on any atom is 0.342 e. The van der Waals surface area contributed by atoms with Crippen LogP contribution in [0.15, 0.2) is 0 Å². The van der Waals surface area contributed by atoms with Crippen molar-refractivity contribution < 1.29 is 14.6 Å². The summed E-state index contributed by atoms with van der Waals surface area (Å²) in [4.78, 5) is 20.3. The van der Waals surface area contributed by atoms with Crippen LogP contribution >= 0.6 is 0 Å². The van der Waals surface area contributed by atoms with Gasteiger partial charge in [0.05, 0.1) is 0 Å². The molecule has 0 aliphatic heterocycles. The Hall–Kier alpha value is -0.570. The molecule has 0 saturated heterocycles. The van der Waals surface area contributed by atoms with Crippen LogP contribution in [-0.4, -0.2) is 12.1 Å². The van der Waals surface area contributed by atoms with E-state index in [-0.39, 0.29) is 12.1 Å². The molecule has 0 aromatic rings. The van der Waals surface area contributed by atoms with E-state index < -0.39 is 0 Å². The molecule has 1 saturated carbocycles. The molecular weight excluding hydrogens is 156 g/mol. The third-order valence-electron chi connectivity index (χ3n) is 2.12. The van der Waals surface area contributed by atoms with E-state index in [9.17, 15) is 4.79 Å². The smallest absolute Gasteiger partial charge is 0.298 e. The first-order valence-electron chi connectivity index (χ1n) is 4.69. The van der Waals surface area contributed by atoms with E-state index in [0.717, 1.165) is 12.8 Å². The van der Waals surface area contributed by atoms with Gasteiger partial charge in [0.1, 0.15) is 6.10 Å². The Balaban J connectivity index is 2.09. The quantitative estimate of drug-likeness (QED) is 0.483. The molecule has 0 amide bonds. The van der Waals surface area contributed by atoms with Crippen molar-refractivity contribution in [2.24, 2.45) is 0 Å². The van der Waals surface area contributed by atoms with E-state index in [1.54, 1.807) is 6.92 Å². The lowest BCUT2D eigenvalue weighted by Crippen LogP contribution is -2.18. The van der Waals surface area contributed by atoms with Crippen molar-refractivity contribution in [3.8, 4) is 0 Å². The van der Waals surface area contributed by atoms with Gasteiger partial charge in [-0.1, -0.05) is 26.2 Å². The van der Waals surface area contributed by atoms with Gasteiger partial charge in [-0.25, -0.2) is 4.79 Å². The van der Waals surface area contributed by atoms with Crippen molar-refractivity contribution in [3.05, 3.63) is 0 Å². The Morgan fingerprint density at radius 2 is 2.00 bits per heavy atom. The van der Waals surface area contributed by atoms with E-state index in [1.165, 1.54) is 19.3 Å². The predicted octanol–water partition coefficient (Wildman–Crippen LogP) is 2.20. The summed E-state index contributed by atoms with van der Waals surface area (Å²) in [6.07, 6.45) is 6.24. The summed E-state index contributed by atoms with van der Waals surface area (Å²) in [6.45, 7) is 1.76. The van der Waals surface area contributed by atoms with Crippen molar-refractivity contribution >= 4 is 5.97 Å². The van der Waals surface area contributed by atoms with Crippen LogP contribution < -0.4 is 0 Å². The molecular formula is C9H16O3. The molecule has 0 spiro atoms. The van der Waals surface area contributed by atoms with Crippen LogP contribution in [0.2, 0.25) is 0 Å². The Bertz CT molecular complexity index is 139. The van der Waals surface area contributed by atoms with Crippen LogP contribution in [0.1, 0.15) is 45.4 Å². The van der Waals surface area contributed by atoms with Crippen LogP contribution in [0.25, 0.3) is 0 Å². The maximum absolute atomic E-state index is 10.7. The molecule has 0 radical (unpaired) electrons. The van der Waals surface area contributed by atoms with Gasteiger partial charge in [-0.05, 0) is 12.8 Å². The third-order valence-corrected chi connectivity index (χ3v) is 2.12. The highest BCUT2D eigenvalue weighted by Gasteiger charge is 2.16. The topological polar surface area (TPSA) is 35.5 Å². The largest absolute Gasteiger partial charge is 0.342 e. The zero-order chi connectivity index (χ0) is 8.81. The summed E-state index contributed by atoms with van der Waals surface area (Å²) in [7, 11) is 0. The van der Waals surface area contributed by atoms with Crippen LogP contribution in [0, 0.1) is 0 Å². The van der Waals surface area contributed by atoms with Crippen LogP contribution in [0.5, 0.6) is 0 Å². The highest BCUT2D eigenvalue weighted by molar-refractivity contribution is 5.68. The summed E-state index contributed by atoms with van der Waals surface area (Å²) in [5.74, 6) is -0.277. The molecule has 1 aliphatic carbocycles. The molecule has 3 nitrogen and oxygen atoms in total. The zero-order valence-corrected chi connectivity index (χ0v) is 7.54. The van der Waals surface area contributed by atoms with E-state index in [1.807, 2.05) is 0 Å². The van der Waals surface area contributed by atoms with Crippen molar-refractivity contribution in [3.63, 3.8) is 0 Å². The van der Waals surface area contributed by atoms with Gasteiger partial charge in [-0.3, -0.25) is 4.89 Å². The van der Waals surface area contributed by atoms with Crippen molar-refractivity contribution in [1.82, 2.24) is 0 Å². The summed E-state index contributed by atoms with van der Waals surface area (Å²) in [6, 6.07) is 0. The molecule has 0 unspecified atom stereocenters. The van der Waals surface area contributed by atoms with Gasteiger partial charge in [0.15, 0.2) is 0 Å². The average Bonchev–Trinajstić information content (AvgIpc) is 2.16. The summed E-state index contributed by atoms with van der Waals surface area (Å²) < 4.78 is 0. The van der Waals surface area contributed by atoms with Crippen LogP contribution in [0.3, 0.4) is 0 Å². The number of carbonyl (C=O) groups excluding carboxylic acids is 1. The minimum absolute atomic E-state index is 0.147. The van der Waals surface area contributed by atoms with Gasteiger partial charge in [-0.2, -0.15) is 4.89 Å². The van der Waals surface area contributed by atoms with Gasteiger partial charge < -0.3 is 0 Å². The van der Waals surface area contributed by atoms with Gasteiger partial charge in [0.2, 0.25) is 0 Å². The van der Waals surface area contributed by atoms with Crippen molar-refractivity contribution in [1.29, 1.82) is 0 Å². The van der Waals surface area contributed by atoms with E-state index in [2.05, 4.69) is 4.89 Å². The van der Waals surface area contributed by atoms with E-state index in [0.29, 0.717) is 6.42 Å². The SMILES string of the molecule is CCC(=O)OOC1CCCCC1. The molecule has 3 heteroatoms. The molecule has 0 bridgehead atoms. The lowest BCUT2D eigenvalue weighted by Gasteiger charge is -2.19. The average molecular weight is 172 g/mol. The lowest BCUT2D eigenvalue weighted by atomic mass is 9.98. The van der Waals surface area contributed by atoms with Crippen LogP contribution in [-0.2, 0) is 14.6 Å². The highest BCUT2D eigenvalue weighted by Crippen LogP contribution is 2.20. The minimum Gasteiger partial charge on any atom is -0.298 e. The summed E-state index contributed by atoms with van der Waals surface area (Å²) in [5, 5.41) is 0. The number of rotatable bonds is 3. The van der Waals surface area contributed by atoms with Gasteiger partial charge in [0, 0.05) is 6.42 Å². The summed E-state index contributed by atoms with van der Waals surface area (Å²) in [5.41, 5.74) is 0. The molecule has 0 aromatic carbocycles. The molecule has 70 valence electrons. The molecule has 1 rings (SSSR count). The predicted molar refractivity (Wildman–Crippen MR) is 44.3 cm³/mol. The molecule has 0 N–H and O–H groups in total. The van der Waals surface area contributed by atoms with Crippen molar-refractivity contribution in [2.45, 2.75) is 51.6 Å². The number of hydrogen-bond donors (Lipinski definition) is 0. The molecule has 12 heavy (non-hydrogen) atoms. The fourth-order valence-corrected chi connectivity index (χ4v) is 1.34. The number of carbonyl (C=O) groups is 1. The zero-order valence-electron chi connectivity index (χ0n) is 7.54. The molecule has 1 aliphatic rings. The Morgan fingerprint density at radius 1 is 1.33 bits per heavy atom. The van der Waals surface area contributed by atoms with E-state index in [4.69, 9.17) is 4.89 Å². The highest BCUT2D eigenvalue weighted by atomic mass is 17.2. The minimum atomic E-state index is -0.277. The van der Waals surface area contributed by atoms with Crippen LogP contribution in [0.4, 0.5) is 0 Å². The fraction of sp³-hybridized carbons (Fsp3) is 0.889. The van der Waals surface area contributed by atoms with Gasteiger partial charge in [-0.15, -0.1) is 0 Å². The number of hydrogen-bond acceptors (Lipinski definition) is 3. The van der Waals surface area contributed by atoms with E-state index >= 15 is 0 Å². The first-order valence-corrected chi connectivity index (χ1v) is 4.69.